The van der Waals surface area contributed by atoms with Crippen molar-refractivity contribution in [3.8, 4) is 0 Å². The molecule has 0 saturated heterocycles. The summed E-state index contributed by atoms with van der Waals surface area (Å²) in [4.78, 5) is 12.4. The Morgan fingerprint density at radius 1 is 1.53 bits per heavy atom. The maximum absolute atomic E-state index is 12.4. The number of rotatable bonds is 3. The van der Waals surface area contributed by atoms with Gasteiger partial charge in [0.25, 0.3) is 5.91 Å². The van der Waals surface area contributed by atoms with Gasteiger partial charge in [0.05, 0.1) is 17.9 Å². The third-order valence-corrected chi connectivity index (χ3v) is 3.33. The van der Waals surface area contributed by atoms with Crippen molar-refractivity contribution in [1.82, 2.24) is 15.1 Å². The van der Waals surface area contributed by atoms with Crippen molar-refractivity contribution in [1.29, 1.82) is 0 Å². The quantitative estimate of drug-likeness (QED) is 0.910. The maximum atomic E-state index is 12.4. The first kappa shape index (κ1) is 14.1. The maximum Gasteiger partial charge on any atom is 0.270 e. The summed E-state index contributed by atoms with van der Waals surface area (Å²) in [6.45, 7) is 10.6. The van der Waals surface area contributed by atoms with Gasteiger partial charge in [0.1, 0.15) is 5.69 Å². The van der Waals surface area contributed by atoms with E-state index in [0.29, 0.717) is 12.2 Å². The molecule has 2 atom stereocenters. The van der Waals surface area contributed by atoms with Crippen molar-refractivity contribution in [2.75, 3.05) is 0 Å². The molecule has 1 N–H and O–H groups in total. The summed E-state index contributed by atoms with van der Waals surface area (Å²) in [6, 6.07) is 0.123. The summed E-state index contributed by atoms with van der Waals surface area (Å²) in [5.41, 5.74) is 2.66. The van der Waals surface area contributed by atoms with Crippen molar-refractivity contribution in [3.05, 3.63) is 17.0 Å². The summed E-state index contributed by atoms with van der Waals surface area (Å²) in [5, 5.41) is 7.50. The Labute approximate surface area is 114 Å². The Morgan fingerprint density at radius 3 is 2.79 bits per heavy atom. The highest BCUT2D eigenvalue weighted by molar-refractivity contribution is 5.94. The molecule has 0 saturated carbocycles. The number of hydrogen-bond acceptors (Lipinski definition) is 3. The zero-order valence-corrected chi connectivity index (χ0v) is 12.4. The molecule has 0 radical (unpaired) electrons. The molecule has 0 aliphatic carbocycles. The zero-order chi connectivity index (χ0) is 14.2. The van der Waals surface area contributed by atoms with E-state index in [1.165, 1.54) is 0 Å². The van der Waals surface area contributed by atoms with Gasteiger partial charge in [0.2, 0.25) is 0 Å². The molecule has 106 valence electrons. The van der Waals surface area contributed by atoms with Crippen LogP contribution in [-0.4, -0.2) is 27.8 Å². The molecule has 0 aromatic carbocycles. The van der Waals surface area contributed by atoms with E-state index in [4.69, 9.17) is 4.74 Å². The first-order valence-corrected chi connectivity index (χ1v) is 6.99. The standard InChI is InChI=1S/C14H23N3O2/c1-6-17-13(14(18)15-8(2)3)11-7-9(4)19-10(5)12(11)16-17/h8-10H,6-7H2,1-5H3,(H,15,18)/t9-,10+/m0/s1. The van der Waals surface area contributed by atoms with Crippen molar-refractivity contribution in [3.63, 3.8) is 0 Å². The first-order chi connectivity index (χ1) is 8.93. The van der Waals surface area contributed by atoms with Gasteiger partial charge in [-0.3, -0.25) is 9.48 Å². The van der Waals surface area contributed by atoms with Crippen molar-refractivity contribution < 1.29 is 9.53 Å². The van der Waals surface area contributed by atoms with Crippen LogP contribution in [0.3, 0.4) is 0 Å². The van der Waals surface area contributed by atoms with E-state index in [0.717, 1.165) is 17.7 Å². The van der Waals surface area contributed by atoms with Crippen LogP contribution in [0, 0.1) is 0 Å². The molecule has 5 heteroatoms. The number of carbonyl (C=O) groups excluding carboxylic acids is 1. The Hall–Kier alpha value is -1.36. The highest BCUT2D eigenvalue weighted by Crippen LogP contribution is 2.31. The van der Waals surface area contributed by atoms with E-state index in [-0.39, 0.29) is 24.2 Å². The largest absolute Gasteiger partial charge is 0.369 e. The number of fused-ring (bicyclic) bond motifs is 1. The molecule has 19 heavy (non-hydrogen) atoms. The van der Waals surface area contributed by atoms with Crippen LogP contribution in [0.25, 0.3) is 0 Å². The summed E-state index contributed by atoms with van der Waals surface area (Å²) in [7, 11) is 0. The minimum absolute atomic E-state index is 0.0353. The molecule has 0 fully saturated rings. The van der Waals surface area contributed by atoms with Crippen LogP contribution in [0.1, 0.15) is 62.5 Å². The van der Waals surface area contributed by atoms with Gasteiger partial charge in [0.15, 0.2) is 0 Å². The number of hydrogen-bond donors (Lipinski definition) is 1. The van der Waals surface area contributed by atoms with Gasteiger partial charge in [-0.2, -0.15) is 5.10 Å². The monoisotopic (exact) mass is 265 g/mol. The number of nitrogens with zero attached hydrogens (tertiary/aromatic N) is 2. The summed E-state index contributed by atoms with van der Waals surface area (Å²) in [5.74, 6) is -0.0353. The molecule has 1 amide bonds. The normalized spacial score (nSPS) is 22.4. The average Bonchev–Trinajstić information content (AvgIpc) is 2.66. The fraction of sp³-hybridized carbons (Fsp3) is 0.714. The van der Waals surface area contributed by atoms with E-state index in [2.05, 4.69) is 10.4 Å². The smallest absolute Gasteiger partial charge is 0.270 e. The number of ether oxygens (including phenoxy) is 1. The van der Waals surface area contributed by atoms with Gasteiger partial charge in [0, 0.05) is 24.6 Å². The summed E-state index contributed by atoms with van der Waals surface area (Å²) in [6.07, 6.45) is 0.834. The van der Waals surface area contributed by atoms with Crippen molar-refractivity contribution >= 4 is 5.91 Å². The molecule has 5 nitrogen and oxygen atoms in total. The molecule has 1 aromatic rings. The molecule has 0 spiro atoms. The van der Waals surface area contributed by atoms with Crippen molar-refractivity contribution in [2.24, 2.45) is 0 Å². The Bertz CT molecular complexity index is 479. The van der Waals surface area contributed by atoms with Crippen LogP contribution < -0.4 is 5.32 Å². The number of aromatic nitrogens is 2. The predicted octanol–water partition coefficient (Wildman–Crippen LogP) is 2.06. The fourth-order valence-corrected chi connectivity index (χ4v) is 2.61. The van der Waals surface area contributed by atoms with E-state index >= 15 is 0 Å². The molecule has 2 heterocycles. The second kappa shape index (κ2) is 5.33. The van der Waals surface area contributed by atoms with Crippen LogP contribution >= 0.6 is 0 Å². The van der Waals surface area contributed by atoms with Gasteiger partial charge in [-0.15, -0.1) is 0 Å². The number of amides is 1. The molecular formula is C14H23N3O2. The lowest BCUT2D eigenvalue weighted by Gasteiger charge is -2.24. The van der Waals surface area contributed by atoms with Crippen LogP contribution in [-0.2, 0) is 17.7 Å². The van der Waals surface area contributed by atoms with Gasteiger partial charge in [-0.1, -0.05) is 0 Å². The molecule has 2 rings (SSSR count). The van der Waals surface area contributed by atoms with Crippen LogP contribution in [0.4, 0.5) is 0 Å². The summed E-state index contributed by atoms with van der Waals surface area (Å²) < 4.78 is 7.57. The van der Waals surface area contributed by atoms with Crippen LogP contribution in [0.2, 0.25) is 0 Å². The Balaban J connectivity index is 2.44. The molecule has 0 unspecified atom stereocenters. The van der Waals surface area contributed by atoms with Gasteiger partial charge < -0.3 is 10.1 Å². The fourth-order valence-electron chi connectivity index (χ4n) is 2.61. The van der Waals surface area contributed by atoms with Crippen LogP contribution in [0.5, 0.6) is 0 Å². The predicted molar refractivity (Wildman–Crippen MR) is 73.2 cm³/mol. The second-order valence-electron chi connectivity index (χ2n) is 5.45. The topological polar surface area (TPSA) is 56.2 Å². The van der Waals surface area contributed by atoms with E-state index < -0.39 is 0 Å². The number of nitrogens with one attached hydrogen (secondary N) is 1. The van der Waals surface area contributed by atoms with Gasteiger partial charge in [-0.25, -0.2) is 0 Å². The Morgan fingerprint density at radius 2 is 2.21 bits per heavy atom. The average molecular weight is 265 g/mol. The summed E-state index contributed by atoms with van der Waals surface area (Å²) >= 11 is 0. The third kappa shape index (κ3) is 2.66. The molecular weight excluding hydrogens is 242 g/mol. The molecule has 1 aromatic heterocycles. The Kier molecular flexibility index (Phi) is 3.94. The van der Waals surface area contributed by atoms with Crippen LogP contribution in [0.15, 0.2) is 0 Å². The second-order valence-corrected chi connectivity index (χ2v) is 5.45. The van der Waals surface area contributed by atoms with E-state index in [1.54, 1.807) is 4.68 Å². The molecule has 1 aliphatic heterocycles. The van der Waals surface area contributed by atoms with E-state index in [9.17, 15) is 4.79 Å². The lowest BCUT2D eigenvalue weighted by Crippen LogP contribution is -2.33. The van der Waals surface area contributed by atoms with Gasteiger partial charge in [-0.05, 0) is 34.6 Å². The number of aryl methyl sites for hydroxylation is 1. The first-order valence-electron chi connectivity index (χ1n) is 6.99. The minimum atomic E-state index is -0.0443. The highest BCUT2D eigenvalue weighted by atomic mass is 16.5. The molecule has 0 bridgehead atoms. The zero-order valence-electron chi connectivity index (χ0n) is 12.4. The SMILES string of the molecule is CCn1nc2c(c1C(=O)NC(C)C)C[C@H](C)O[C@@H]2C. The molecule has 1 aliphatic rings. The lowest BCUT2D eigenvalue weighted by molar-refractivity contribution is -0.00712. The van der Waals surface area contributed by atoms with E-state index in [1.807, 2.05) is 34.6 Å². The number of carbonyl (C=O) groups is 1. The van der Waals surface area contributed by atoms with Gasteiger partial charge >= 0.3 is 0 Å². The third-order valence-electron chi connectivity index (χ3n) is 3.33. The lowest BCUT2D eigenvalue weighted by atomic mass is 9.99. The highest BCUT2D eigenvalue weighted by Gasteiger charge is 2.31. The van der Waals surface area contributed by atoms with Crippen molar-refractivity contribution in [2.45, 2.75) is 65.8 Å². The minimum Gasteiger partial charge on any atom is -0.369 e.